The van der Waals surface area contributed by atoms with E-state index in [1.807, 2.05) is 0 Å². The first-order chi connectivity index (χ1) is 7.36. The molecule has 1 aromatic heterocycles. The maximum atomic E-state index is 12.3. The Labute approximate surface area is 87.8 Å². The average Bonchev–Trinajstić information content (AvgIpc) is 2.58. The van der Waals surface area contributed by atoms with Crippen LogP contribution in [0.4, 0.5) is 13.2 Å². The summed E-state index contributed by atoms with van der Waals surface area (Å²) in [5, 5.41) is 8.49. The molecule has 0 aliphatic carbocycles. The number of hydrogen-bond acceptors (Lipinski definition) is 4. The second-order valence-electron chi connectivity index (χ2n) is 2.73. The largest absolute Gasteiger partial charge is 0.475 e. The molecule has 90 valence electrons. The highest BCUT2D eigenvalue weighted by Gasteiger charge is 2.41. The van der Waals surface area contributed by atoms with Gasteiger partial charge in [-0.1, -0.05) is 0 Å². The van der Waals surface area contributed by atoms with Crippen LogP contribution in [0.15, 0.2) is 4.42 Å². The van der Waals surface area contributed by atoms with Gasteiger partial charge < -0.3 is 14.3 Å². The molecule has 8 heteroatoms. The van der Waals surface area contributed by atoms with E-state index >= 15 is 0 Å². The van der Waals surface area contributed by atoms with Gasteiger partial charge in [0.25, 0.3) is 0 Å². The Hall–Kier alpha value is -1.57. The van der Waals surface area contributed by atoms with Crippen molar-refractivity contribution in [1.82, 2.24) is 4.98 Å². The molecule has 0 unspecified atom stereocenters. The smallest absolute Gasteiger partial charge is 0.437 e. The number of aromatic nitrogens is 1. The highest BCUT2D eigenvalue weighted by atomic mass is 19.4. The predicted molar refractivity (Wildman–Crippen MR) is 43.8 cm³/mol. The Morgan fingerprint density at radius 1 is 1.56 bits per heavy atom. The zero-order chi connectivity index (χ0) is 12.3. The van der Waals surface area contributed by atoms with Gasteiger partial charge in [0.2, 0.25) is 11.7 Å². The maximum absolute atomic E-state index is 12.3. The van der Waals surface area contributed by atoms with Gasteiger partial charge in [0.15, 0.2) is 5.69 Å². The molecule has 1 N–H and O–H groups in total. The highest BCUT2D eigenvalue weighted by molar-refractivity contribution is 5.85. The van der Waals surface area contributed by atoms with Crippen LogP contribution < -0.4 is 0 Å². The van der Waals surface area contributed by atoms with Crippen LogP contribution in [0.3, 0.4) is 0 Å². The molecule has 0 bridgehead atoms. The molecular weight excluding hydrogens is 231 g/mol. The van der Waals surface area contributed by atoms with Gasteiger partial charge in [-0.15, -0.1) is 0 Å². The molecule has 1 aromatic rings. The van der Waals surface area contributed by atoms with Crippen LogP contribution in [0.2, 0.25) is 0 Å². The summed E-state index contributed by atoms with van der Waals surface area (Å²) in [6.07, 6.45) is -4.86. The zero-order valence-corrected chi connectivity index (χ0v) is 8.17. The lowest BCUT2D eigenvalue weighted by Gasteiger charge is -2.00. The number of alkyl halides is 3. The first-order valence-electron chi connectivity index (χ1n) is 4.24. The third kappa shape index (κ3) is 2.72. The molecule has 0 saturated carbocycles. The molecule has 1 rings (SSSR count). The van der Waals surface area contributed by atoms with Crippen molar-refractivity contribution in [3.8, 4) is 0 Å². The minimum atomic E-state index is -4.86. The van der Waals surface area contributed by atoms with E-state index in [4.69, 9.17) is 9.84 Å². The molecule has 0 aliphatic heterocycles. The predicted octanol–water partition coefficient (Wildman–Crippen LogP) is 1.93. The molecule has 0 saturated heterocycles. The molecule has 1 heterocycles. The van der Waals surface area contributed by atoms with Gasteiger partial charge >= 0.3 is 12.1 Å². The van der Waals surface area contributed by atoms with Crippen LogP contribution in [0.25, 0.3) is 0 Å². The van der Waals surface area contributed by atoms with E-state index in [9.17, 15) is 18.0 Å². The fourth-order valence-corrected chi connectivity index (χ4v) is 0.953. The van der Waals surface area contributed by atoms with E-state index in [0.29, 0.717) is 0 Å². The fraction of sp³-hybridized carbons (Fsp3) is 0.500. The van der Waals surface area contributed by atoms with E-state index in [2.05, 4.69) is 9.40 Å². The summed E-state index contributed by atoms with van der Waals surface area (Å²) in [7, 11) is 0. The molecule has 0 atom stereocenters. The number of carboxylic acid groups (broad SMARTS) is 1. The molecule has 0 spiro atoms. The van der Waals surface area contributed by atoms with E-state index in [1.165, 1.54) is 0 Å². The summed E-state index contributed by atoms with van der Waals surface area (Å²) in [6, 6.07) is 0. The lowest BCUT2D eigenvalue weighted by atomic mass is 10.3. The fourth-order valence-electron chi connectivity index (χ4n) is 0.953. The number of halogens is 3. The summed E-state index contributed by atoms with van der Waals surface area (Å²) in [4.78, 5) is 13.5. The Bertz CT molecular complexity index is 385. The third-order valence-corrected chi connectivity index (χ3v) is 1.56. The first-order valence-corrected chi connectivity index (χ1v) is 4.24. The second kappa shape index (κ2) is 4.52. The van der Waals surface area contributed by atoms with Gasteiger partial charge in [-0.3, -0.25) is 0 Å². The lowest BCUT2D eigenvalue weighted by molar-refractivity contribution is -0.141. The quantitative estimate of drug-likeness (QED) is 0.868. The maximum Gasteiger partial charge on any atom is 0.437 e. The number of aromatic carboxylic acids is 1. The Balaban J connectivity index is 3.06. The molecule has 0 aliphatic rings. The van der Waals surface area contributed by atoms with Crippen LogP contribution in [0, 0.1) is 0 Å². The minimum absolute atomic E-state index is 0.256. The summed E-state index contributed by atoms with van der Waals surface area (Å²) in [6.45, 7) is 1.59. The number of ether oxygens (including phenoxy) is 1. The second-order valence-corrected chi connectivity index (χ2v) is 2.73. The summed E-state index contributed by atoms with van der Waals surface area (Å²) in [5.74, 6) is -3.45. The van der Waals surface area contributed by atoms with E-state index in [1.54, 1.807) is 6.92 Å². The van der Waals surface area contributed by atoms with Crippen molar-refractivity contribution in [3.05, 3.63) is 17.3 Å². The van der Waals surface area contributed by atoms with Gasteiger partial charge in [-0.05, 0) is 6.92 Å². The van der Waals surface area contributed by atoms with Crippen LogP contribution in [0.1, 0.15) is 29.1 Å². The van der Waals surface area contributed by atoms with E-state index in [-0.39, 0.29) is 13.2 Å². The van der Waals surface area contributed by atoms with Crippen molar-refractivity contribution in [2.45, 2.75) is 19.7 Å². The van der Waals surface area contributed by atoms with Crippen LogP contribution in [-0.4, -0.2) is 22.7 Å². The van der Waals surface area contributed by atoms with Crippen LogP contribution in [0.5, 0.6) is 0 Å². The minimum Gasteiger partial charge on any atom is -0.475 e. The standard InChI is InChI=1S/C8H8F3NO4/c1-2-15-3-4-12-6(8(9,10)11)5(16-4)7(13)14/h2-3H2,1H3,(H,13,14). The number of nitrogens with zero attached hydrogens (tertiary/aromatic N) is 1. The SMILES string of the molecule is CCOCc1nc(C(F)(F)F)c(C(=O)O)o1. The number of carbonyl (C=O) groups is 1. The van der Waals surface area contributed by atoms with Crippen molar-refractivity contribution in [3.63, 3.8) is 0 Å². The molecule has 0 fully saturated rings. The van der Waals surface area contributed by atoms with E-state index < -0.39 is 29.5 Å². The van der Waals surface area contributed by atoms with Gasteiger partial charge in [-0.2, -0.15) is 13.2 Å². The van der Waals surface area contributed by atoms with Crippen LogP contribution >= 0.6 is 0 Å². The van der Waals surface area contributed by atoms with Gasteiger partial charge in [0, 0.05) is 6.61 Å². The number of carboxylic acids is 1. The van der Waals surface area contributed by atoms with Crippen LogP contribution in [-0.2, 0) is 17.5 Å². The molecule has 0 radical (unpaired) electrons. The van der Waals surface area contributed by atoms with E-state index in [0.717, 1.165) is 0 Å². The summed E-state index contributed by atoms with van der Waals surface area (Å²) in [5.41, 5.74) is -1.55. The first kappa shape index (κ1) is 12.5. The Morgan fingerprint density at radius 3 is 2.56 bits per heavy atom. The van der Waals surface area contributed by atoms with Gasteiger partial charge in [0.1, 0.15) is 6.61 Å². The molecule has 5 nitrogen and oxygen atoms in total. The summed E-state index contributed by atoms with van der Waals surface area (Å²) >= 11 is 0. The van der Waals surface area contributed by atoms with Crippen molar-refractivity contribution < 1.29 is 32.2 Å². The van der Waals surface area contributed by atoms with Gasteiger partial charge in [0.05, 0.1) is 0 Å². The normalized spacial score (nSPS) is 11.8. The molecule has 0 amide bonds. The van der Waals surface area contributed by atoms with Gasteiger partial charge in [-0.25, -0.2) is 9.78 Å². The zero-order valence-electron chi connectivity index (χ0n) is 8.17. The Kier molecular flexibility index (Phi) is 3.53. The Morgan fingerprint density at radius 2 is 2.19 bits per heavy atom. The average molecular weight is 239 g/mol. The molecular formula is C8H8F3NO4. The topological polar surface area (TPSA) is 72.6 Å². The highest BCUT2D eigenvalue weighted by Crippen LogP contribution is 2.31. The number of oxazole rings is 1. The van der Waals surface area contributed by atoms with Crippen molar-refractivity contribution in [2.75, 3.05) is 6.61 Å². The van der Waals surface area contributed by atoms with Crippen molar-refractivity contribution >= 4 is 5.97 Å². The summed E-state index contributed by atoms with van der Waals surface area (Å²) < 4.78 is 46.2. The van der Waals surface area contributed by atoms with Crippen molar-refractivity contribution in [1.29, 1.82) is 0 Å². The number of rotatable bonds is 4. The van der Waals surface area contributed by atoms with Crippen molar-refractivity contribution in [2.24, 2.45) is 0 Å². The number of hydrogen-bond donors (Lipinski definition) is 1. The molecule has 16 heavy (non-hydrogen) atoms. The monoisotopic (exact) mass is 239 g/mol. The molecule has 0 aromatic carbocycles. The third-order valence-electron chi connectivity index (χ3n) is 1.56. The lowest BCUT2D eigenvalue weighted by Crippen LogP contribution is -2.11.